The number of carbonyl (C=O) groups is 2. The van der Waals surface area contributed by atoms with Gasteiger partial charge in [-0.05, 0) is 42.8 Å². The molecule has 1 fully saturated rings. The average Bonchev–Trinajstić information content (AvgIpc) is 2.78. The van der Waals surface area contributed by atoms with Gasteiger partial charge in [-0.1, -0.05) is 41.9 Å². The summed E-state index contributed by atoms with van der Waals surface area (Å²) >= 11 is 12.6. The van der Waals surface area contributed by atoms with Crippen LogP contribution < -0.4 is 4.90 Å². The Hall–Kier alpha value is -2.96. The van der Waals surface area contributed by atoms with Crippen LogP contribution >= 0.6 is 23.2 Å². The molecule has 4 rings (SSSR count). The van der Waals surface area contributed by atoms with Gasteiger partial charge in [0.15, 0.2) is 5.78 Å². The van der Waals surface area contributed by atoms with Gasteiger partial charge in [-0.3, -0.25) is 9.59 Å². The first-order chi connectivity index (χ1) is 14.9. The van der Waals surface area contributed by atoms with Crippen molar-refractivity contribution in [1.82, 2.24) is 14.9 Å². The molecular formula is C23H20Cl2N4O2. The number of anilines is 1. The number of fused-ring (bicyclic) bond motifs is 1. The summed E-state index contributed by atoms with van der Waals surface area (Å²) in [6.07, 6.45) is 2.73. The van der Waals surface area contributed by atoms with Crippen molar-refractivity contribution in [3.8, 4) is 11.1 Å². The van der Waals surface area contributed by atoms with Gasteiger partial charge >= 0.3 is 0 Å². The summed E-state index contributed by atoms with van der Waals surface area (Å²) in [5.41, 5.74) is 2.47. The Morgan fingerprint density at radius 1 is 1.13 bits per heavy atom. The van der Waals surface area contributed by atoms with Gasteiger partial charge in [-0.25, -0.2) is 9.97 Å². The lowest BCUT2D eigenvalue weighted by Crippen LogP contribution is -2.57. The van der Waals surface area contributed by atoms with Crippen molar-refractivity contribution >= 4 is 51.6 Å². The molecule has 158 valence electrons. The highest BCUT2D eigenvalue weighted by atomic mass is 35.5. The normalized spacial score (nSPS) is 16.4. The number of nitrogens with zero attached hydrogens (tertiary/aromatic N) is 4. The summed E-state index contributed by atoms with van der Waals surface area (Å²) < 4.78 is 0. The second-order valence-electron chi connectivity index (χ2n) is 7.36. The maximum absolute atomic E-state index is 12.3. The van der Waals surface area contributed by atoms with Crippen LogP contribution in [0.2, 0.25) is 10.0 Å². The van der Waals surface area contributed by atoms with Crippen molar-refractivity contribution < 1.29 is 9.59 Å². The lowest BCUT2D eigenvalue weighted by atomic mass is 10.0. The Morgan fingerprint density at radius 2 is 1.87 bits per heavy atom. The van der Waals surface area contributed by atoms with E-state index >= 15 is 0 Å². The highest BCUT2D eigenvalue weighted by molar-refractivity contribution is 6.34. The molecule has 1 amide bonds. The minimum Gasteiger partial charge on any atom is -0.352 e. The van der Waals surface area contributed by atoms with E-state index < -0.39 is 6.04 Å². The van der Waals surface area contributed by atoms with Crippen LogP contribution in [0.25, 0.3) is 22.0 Å². The molecule has 0 spiro atoms. The zero-order valence-corrected chi connectivity index (χ0v) is 18.4. The third-order valence-electron chi connectivity index (χ3n) is 5.47. The fourth-order valence-electron chi connectivity index (χ4n) is 3.87. The maximum atomic E-state index is 12.3. The molecule has 1 atom stereocenters. The second-order valence-corrected chi connectivity index (χ2v) is 8.21. The molecule has 1 aromatic heterocycles. The summed E-state index contributed by atoms with van der Waals surface area (Å²) in [5.74, 6) is 0.376. The molecule has 31 heavy (non-hydrogen) atoms. The molecule has 0 unspecified atom stereocenters. The third-order valence-corrected chi connectivity index (χ3v) is 6.03. The van der Waals surface area contributed by atoms with Crippen molar-refractivity contribution in [3.63, 3.8) is 0 Å². The lowest BCUT2D eigenvalue weighted by Gasteiger charge is -2.40. The number of carbonyl (C=O) groups excluding carboxylic acids is 2. The first-order valence-corrected chi connectivity index (χ1v) is 10.5. The van der Waals surface area contributed by atoms with Crippen molar-refractivity contribution in [3.05, 3.63) is 65.4 Å². The number of halogens is 2. The Morgan fingerprint density at radius 3 is 2.55 bits per heavy atom. The minimum absolute atomic E-state index is 0.0804. The molecule has 0 aliphatic carbocycles. The van der Waals surface area contributed by atoms with Crippen LogP contribution in [0.15, 0.2) is 55.4 Å². The van der Waals surface area contributed by atoms with Crippen LogP contribution in [-0.4, -0.2) is 52.2 Å². The number of ketones is 1. The summed E-state index contributed by atoms with van der Waals surface area (Å²) in [6.45, 7) is 6.32. The SMILES string of the molecule is C=CC(=O)N1CCN(c2ncnc3cc(Cl)c(-c4ccc(Cl)cc4)cc23)C[C@H]1C(C)=O. The van der Waals surface area contributed by atoms with Crippen molar-refractivity contribution in [2.75, 3.05) is 24.5 Å². The Kier molecular flexibility index (Phi) is 5.94. The molecule has 2 heterocycles. The minimum atomic E-state index is -0.563. The maximum Gasteiger partial charge on any atom is 0.246 e. The third kappa shape index (κ3) is 4.13. The van der Waals surface area contributed by atoms with E-state index in [1.165, 1.54) is 19.3 Å². The van der Waals surface area contributed by atoms with Crippen LogP contribution in [0, 0.1) is 0 Å². The van der Waals surface area contributed by atoms with E-state index in [0.29, 0.717) is 41.0 Å². The van der Waals surface area contributed by atoms with Crippen LogP contribution in [0.4, 0.5) is 5.82 Å². The van der Waals surface area contributed by atoms with E-state index in [4.69, 9.17) is 23.2 Å². The predicted octanol–water partition coefficient (Wildman–Crippen LogP) is 4.40. The number of hydrogen-bond donors (Lipinski definition) is 0. The summed E-state index contributed by atoms with van der Waals surface area (Å²) in [4.78, 5) is 36.9. The van der Waals surface area contributed by atoms with Gasteiger partial charge in [0, 0.05) is 35.6 Å². The van der Waals surface area contributed by atoms with Crippen molar-refractivity contribution in [2.24, 2.45) is 0 Å². The highest BCUT2D eigenvalue weighted by Gasteiger charge is 2.33. The molecule has 0 bridgehead atoms. The monoisotopic (exact) mass is 454 g/mol. The zero-order chi connectivity index (χ0) is 22.1. The molecule has 0 radical (unpaired) electrons. The van der Waals surface area contributed by atoms with Gasteiger partial charge in [0.05, 0.1) is 10.5 Å². The predicted molar refractivity (Wildman–Crippen MR) is 124 cm³/mol. The summed E-state index contributed by atoms with van der Waals surface area (Å²) in [5, 5.41) is 2.04. The van der Waals surface area contributed by atoms with Gasteiger partial charge in [0.25, 0.3) is 0 Å². The molecule has 2 aromatic carbocycles. The number of Topliss-reactive ketones (excluding diaryl/α,β-unsaturated/α-hetero) is 1. The number of piperazine rings is 1. The second kappa shape index (κ2) is 8.65. The van der Waals surface area contributed by atoms with E-state index in [1.807, 2.05) is 41.3 Å². The van der Waals surface area contributed by atoms with Gasteiger partial charge in [-0.15, -0.1) is 0 Å². The van der Waals surface area contributed by atoms with E-state index in [0.717, 1.165) is 16.5 Å². The van der Waals surface area contributed by atoms with E-state index in [1.54, 1.807) is 4.90 Å². The largest absolute Gasteiger partial charge is 0.352 e. The molecule has 1 aliphatic rings. The average molecular weight is 455 g/mol. The number of aromatic nitrogens is 2. The molecule has 1 aliphatic heterocycles. The Balaban J connectivity index is 1.76. The standard InChI is InChI=1S/C23H20Cl2N4O2/c1-3-22(31)29-9-8-28(12-21(29)14(2)30)23-18-10-17(15-4-6-16(24)7-5-15)19(25)11-20(18)26-13-27-23/h3-7,10-11,13,21H,1,8-9,12H2,2H3/t21-/m0/s1. The Labute approximate surface area is 190 Å². The van der Waals surface area contributed by atoms with Gasteiger partial charge in [0.1, 0.15) is 18.2 Å². The van der Waals surface area contributed by atoms with E-state index in [-0.39, 0.29) is 11.7 Å². The van der Waals surface area contributed by atoms with Crippen LogP contribution in [0.5, 0.6) is 0 Å². The van der Waals surface area contributed by atoms with Crippen molar-refractivity contribution in [1.29, 1.82) is 0 Å². The quantitative estimate of drug-likeness (QED) is 0.546. The number of benzene rings is 2. The van der Waals surface area contributed by atoms with Crippen LogP contribution in [0.3, 0.4) is 0 Å². The molecule has 6 nitrogen and oxygen atoms in total. The number of rotatable bonds is 4. The summed E-state index contributed by atoms with van der Waals surface area (Å²) in [6, 6.07) is 10.6. The smallest absolute Gasteiger partial charge is 0.246 e. The molecule has 8 heteroatoms. The van der Waals surface area contributed by atoms with Gasteiger partial charge < -0.3 is 9.80 Å². The van der Waals surface area contributed by atoms with E-state index in [2.05, 4.69) is 16.5 Å². The molecule has 0 N–H and O–H groups in total. The van der Waals surface area contributed by atoms with Crippen LogP contribution in [-0.2, 0) is 9.59 Å². The molecule has 3 aromatic rings. The number of hydrogen-bond acceptors (Lipinski definition) is 5. The fraction of sp³-hybridized carbons (Fsp3) is 0.217. The molecule has 0 saturated carbocycles. The van der Waals surface area contributed by atoms with Crippen molar-refractivity contribution in [2.45, 2.75) is 13.0 Å². The number of amides is 1. The summed E-state index contributed by atoms with van der Waals surface area (Å²) in [7, 11) is 0. The van der Waals surface area contributed by atoms with Gasteiger partial charge in [0.2, 0.25) is 5.91 Å². The zero-order valence-electron chi connectivity index (χ0n) is 16.9. The Bertz CT molecular complexity index is 1180. The van der Waals surface area contributed by atoms with Gasteiger partial charge in [-0.2, -0.15) is 0 Å². The molecular weight excluding hydrogens is 435 g/mol. The molecule has 1 saturated heterocycles. The topological polar surface area (TPSA) is 66.4 Å². The highest BCUT2D eigenvalue weighted by Crippen LogP contribution is 2.35. The van der Waals surface area contributed by atoms with E-state index in [9.17, 15) is 9.59 Å². The first kappa shape index (κ1) is 21.3. The first-order valence-electron chi connectivity index (χ1n) is 9.77. The van der Waals surface area contributed by atoms with Crippen LogP contribution in [0.1, 0.15) is 6.92 Å². The lowest BCUT2D eigenvalue weighted by molar-refractivity contribution is -0.135. The fourth-order valence-corrected chi connectivity index (χ4v) is 4.26.